The summed E-state index contributed by atoms with van der Waals surface area (Å²) in [6.07, 6.45) is 0.226. The summed E-state index contributed by atoms with van der Waals surface area (Å²) in [6, 6.07) is 10.0. The van der Waals surface area contributed by atoms with Gasteiger partial charge in [0.1, 0.15) is 11.8 Å². The number of rotatable bonds is 4. The molecule has 0 radical (unpaired) electrons. The zero-order chi connectivity index (χ0) is 20.5. The smallest absolute Gasteiger partial charge is 0.262 e. The standard InChI is InChI=1S/C21H20N2O6/c1-12(23-19(26)14-5-2-3-6-15(14)20(23)27)18(25)22-16-11-13(7-8-17(16)24)21-28-9-4-10-29-21/h2-3,5-8,11-12,21,24H,4,9-10H2,1H3,(H,22,25). The fourth-order valence-electron chi connectivity index (χ4n) is 3.39. The van der Waals surface area contributed by atoms with Crippen molar-refractivity contribution in [2.45, 2.75) is 25.7 Å². The van der Waals surface area contributed by atoms with Crippen LogP contribution in [0.4, 0.5) is 5.69 Å². The van der Waals surface area contributed by atoms with E-state index < -0.39 is 30.1 Å². The largest absolute Gasteiger partial charge is 0.506 e. The van der Waals surface area contributed by atoms with Crippen LogP contribution in [-0.4, -0.2) is 47.0 Å². The molecule has 8 heteroatoms. The number of phenols is 1. The maximum Gasteiger partial charge on any atom is 0.262 e. The van der Waals surface area contributed by atoms with Gasteiger partial charge < -0.3 is 19.9 Å². The molecule has 2 aromatic carbocycles. The Kier molecular flexibility index (Phi) is 5.04. The first-order chi connectivity index (χ1) is 14.0. The molecule has 0 aliphatic carbocycles. The molecule has 2 heterocycles. The second-order valence-electron chi connectivity index (χ2n) is 6.89. The first kappa shape index (κ1) is 19.1. The average molecular weight is 396 g/mol. The zero-order valence-electron chi connectivity index (χ0n) is 15.8. The number of benzene rings is 2. The molecule has 2 aliphatic heterocycles. The summed E-state index contributed by atoms with van der Waals surface area (Å²) in [7, 11) is 0. The number of fused-ring (bicyclic) bond motifs is 1. The van der Waals surface area contributed by atoms with Gasteiger partial charge in [-0.2, -0.15) is 0 Å². The molecule has 3 amide bonds. The van der Waals surface area contributed by atoms with Crippen LogP contribution in [0.15, 0.2) is 42.5 Å². The van der Waals surface area contributed by atoms with Crippen LogP contribution in [-0.2, 0) is 14.3 Å². The van der Waals surface area contributed by atoms with E-state index in [0.29, 0.717) is 18.8 Å². The van der Waals surface area contributed by atoms with Gasteiger partial charge in [0.15, 0.2) is 6.29 Å². The number of nitrogens with one attached hydrogen (secondary N) is 1. The van der Waals surface area contributed by atoms with E-state index in [9.17, 15) is 19.5 Å². The van der Waals surface area contributed by atoms with Crippen LogP contribution in [0.2, 0.25) is 0 Å². The summed E-state index contributed by atoms with van der Waals surface area (Å²) in [5, 5.41) is 12.7. The van der Waals surface area contributed by atoms with E-state index in [4.69, 9.17) is 9.47 Å². The van der Waals surface area contributed by atoms with Crippen LogP contribution in [0.3, 0.4) is 0 Å². The molecule has 2 N–H and O–H groups in total. The van der Waals surface area contributed by atoms with Crippen molar-refractivity contribution in [2.24, 2.45) is 0 Å². The van der Waals surface area contributed by atoms with Crippen molar-refractivity contribution in [1.82, 2.24) is 4.90 Å². The Bertz CT molecular complexity index is 948. The van der Waals surface area contributed by atoms with Gasteiger partial charge in [-0.05, 0) is 37.6 Å². The SMILES string of the molecule is CC(C(=O)Nc1cc(C2OCCCO2)ccc1O)N1C(=O)c2ccccc2C1=O. The predicted molar refractivity (Wildman–Crippen MR) is 102 cm³/mol. The zero-order valence-corrected chi connectivity index (χ0v) is 15.8. The summed E-state index contributed by atoms with van der Waals surface area (Å²) in [4.78, 5) is 38.8. The number of aromatic hydroxyl groups is 1. The van der Waals surface area contributed by atoms with Crippen molar-refractivity contribution < 1.29 is 29.0 Å². The van der Waals surface area contributed by atoms with Gasteiger partial charge in [0.25, 0.3) is 11.8 Å². The lowest BCUT2D eigenvalue weighted by atomic mass is 10.1. The van der Waals surface area contributed by atoms with Crippen molar-refractivity contribution in [3.05, 3.63) is 59.2 Å². The predicted octanol–water partition coefficient (Wildman–Crippen LogP) is 2.45. The van der Waals surface area contributed by atoms with E-state index in [0.717, 1.165) is 11.3 Å². The van der Waals surface area contributed by atoms with E-state index in [2.05, 4.69) is 5.32 Å². The minimum Gasteiger partial charge on any atom is -0.506 e. The Morgan fingerprint density at radius 3 is 2.34 bits per heavy atom. The molecular formula is C21H20N2O6. The van der Waals surface area contributed by atoms with Crippen molar-refractivity contribution in [3.63, 3.8) is 0 Å². The number of carbonyl (C=O) groups excluding carboxylic acids is 3. The first-order valence-electron chi connectivity index (χ1n) is 9.31. The molecule has 0 spiro atoms. The molecule has 0 aromatic heterocycles. The monoisotopic (exact) mass is 396 g/mol. The molecule has 29 heavy (non-hydrogen) atoms. The second kappa shape index (κ2) is 7.65. The summed E-state index contributed by atoms with van der Waals surface area (Å²) < 4.78 is 11.1. The fraction of sp³-hybridized carbons (Fsp3) is 0.286. The Morgan fingerprint density at radius 1 is 1.10 bits per heavy atom. The second-order valence-corrected chi connectivity index (χ2v) is 6.89. The highest BCUT2D eigenvalue weighted by molar-refractivity contribution is 6.23. The molecule has 1 unspecified atom stereocenters. The Morgan fingerprint density at radius 2 is 1.72 bits per heavy atom. The Hall–Kier alpha value is -3.23. The van der Waals surface area contributed by atoms with Crippen molar-refractivity contribution in [3.8, 4) is 5.75 Å². The maximum atomic E-state index is 12.8. The van der Waals surface area contributed by atoms with Gasteiger partial charge in [0, 0.05) is 5.56 Å². The highest BCUT2D eigenvalue weighted by Gasteiger charge is 2.40. The normalized spacial score (nSPS) is 17.9. The number of anilines is 1. The summed E-state index contributed by atoms with van der Waals surface area (Å²) in [5.41, 5.74) is 1.34. The third-order valence-corrected chi connectivity index (χ3v) is 4.97. The van der Waals surface area contributed by atoms with Gasteiger partial charge in [-0.1, -0.05) is 18.2 Å². The topological polar surface area (TPSA) is 105 Å². The molecule has 2 aliphatic rings. The van der Waals surface area contributed by atoms with E-state index in [1.165, 1.54) is 13.0 Å². The van der Waals surface area contributed by atoms with Crippen LogP contribution < -0.4 is 5.32 Å². The molecule has 2 aromatic rings. The van der Waals surface area contributed by atoms with Crippen molar-refractivity contribution in [1.29, 1.82) is 0 Å². The number of imide groups is 1. The number of amides is 3. The maximum absolute atomic E-state index is 12.8. The van der Waals surface area contributed by atoms with Gasteiger partial charge in [0.05, 0.1) is 30.0 Å². The van der Waals surface area contributed by atoms with Gasteiger partial charge in [-0.25, -0.2) is 0 Å². The van der Waals surface area contributed by atoms with E-state index in [1.807, 2.05) is 0 Å². The van der Waals surface area contributed by atoms with Crippen LogP contribution in [0, 0.1) is 0 Å². The lowest BCUT2D eigenvalue weighted by Gasteiger charge is -2.25. The van der Waals surface area contributed by atoms with Gasteiger partial charge in [0.2, 0.25) is 5.91 Å². The van der Waals surface area contributed by atoms with Gasteiger partial charge >= 0.3 is 0 Å². The summed E-state index contributed by atoms with van der Waals surface area (Å²) in [6.45, 7) is 2.58. The van der Waals surface area contributed by atoms with Crippen LogP contribution in [0.5, 0.6) is 5.75 Å². The number of phenolic OH excluding ortho intramolecular Hbond substituents is 1. The number of hydrogen-bond donors (Lipinski definition) is 2. The van der Waals surface area contributed by atoms with E-state index >= 15 is 0 Å². The third kappa shape index (κ3) is 3.48. The van der Waals surface area contributed by atoms with Crippen LogP contribution in [0.1, 0.15) is 45.9 Å². The summed E-state index contributed by atoms with van der Waals surface area (Å²) >= 11 is 0. The Balaban J connectivity index is 1.52. The lowest BCUT2D eigenvalue weighted by molar-refractivity contribution is -0.183. The Labute approximate surface area is 167 Å². The van der Waals surface area contributed by atoms with Crippen molar-refractivity contribution >= 4 is 23.4 Å². The lowest BCUT2D eigenvalue weighted by Crippen LogP contribution is -2.45. The number of nitrogens with zero attached hydrogens (tertiary/aromatic N) is 1. The molecule has 8 nitrogen and oxygen atoms in total. The average Bonchev–Trinajstić information content (AvgIpc) is 3.00. The van der Waals surface area contributed by atoms with Crippen LogP contribution in [0.25, 0.3) is 0 Å². The third-order valence-electron chi connectivity index (χ3n) is 4.97. The molecular weight excluding hydrogens is 376 g/mol. The quantitative estimate of drug-likeness (QED) is 0.608. The summed E-state index contributed by atoms with van der Waals surface area (Å²) in [5.74, 6) is -1.78. The molecule has 1 fully saturated rings. The highest BCUT2D eigenvalue weighted by atomic mass is 16.7. The molecule has 4 rings (SSSR count). The molecule has 0 saturated carbocycles. The first-order valence-corrected chi connectivity index (χ1v) is 9.31. The van der Waals surface area contributed by atoms with Gasteiger partial charge in [-0.15, -0.1) is 0 Å². The number of ether oxygens (including phenoxy) is 2. The molecule has 0 bridgehead atoms. The van der Waals surface area contributed by atoms with E-state index in [-0.39, 0.29) is 22.6 Å². The van der Waals surface area contributed by atoms with Crippen LogP contribution >= 0.6 is 0 Å². The minimum atomic E-state index is -1.06. The van der Waals surface area contributed by atoms with Crippen molar-refractivity contribution in [2.75, 3.05) is 18.5 Å². The molecule has 150 valence electrons. The minimum absolute atomic E-state index is 0.146. The van der Waals surface area contributed by atoms with E-state index in [1.54, 1.807) is 36.4 Å². The molecule has 1 atom stereocenters. The molecule has 1 saturated heterocycles. The highest BCUT2D eigenvalue weighted by Crippen LogP contribution is 2.31. The van der Waals surface area contributed by atoms with Gasteiger partial charge in [-0.3, -0.25) is 19.3 Å². The fourth-order valence-corrected chi connectivity index (χ4v) is 3.39. The number of hydrogen-bond acceptors (Lipinski definition) is 6. The number of carbonyl (C=O) groups is 3.